The first-order valence-corrected chi connectivity index (χ1v) is 11.5. The van der Waals surface area contributed by atoms with Gasteiger partial charge >= 0.3 is 0 Å². The number of carbonyl (C=O) groups is 1. The van der Waals surface area contributed by atoms with Crippen LogP contribution in [0.5, 0.6) is 5.75 Å². The van der Waals surface area contributed by atoms with Crippen molar-refractivity contribution >= 4 is 29.3 Å². The number of thiazole rings is 1. The maximum Gasteiger partial charge on any atom is 0.251 e. The molecule has 32 heavy (non-hydrogen) atoms. The van der Waals surface area contributed by atoms with Gasteiger partial charge in [0.25, 0.3) is 5.91 Å². The van der Waals surface area contributed by atoms with Gasteiger partial charge in [0.2, 0.25) is 0 Å². The lowest BCUT2D eigenvalue weighted by atomic mass is 10.0. The second kappa shape index (κ2) is 10.9. The third-order valence-electron chi connectivity index (χ3n) is 5.22. The number of hydrogen-bond acceptors (Lipinski definition) is 5. The predicted molar refractivity (Wildman–Crippen MR) is 131 cm³/mol. The molecule has 0 saturated carbocycles. The summed E-state index contributed by atoms with van der Waals surface area (Å²) in [6.45, 7) is 7.64. The lowest BCUT2D eigenvalue weighted by Gasteiger charge is -2.11. The Kier molecular flexibility index (Phi) is 8.00. The molecule has 0 aliphatic heterocycles. The summed E-state index contributed by atoms with van der Waals surface area (Å²) < 4.78 is 5.83. The van der Waals surface area contributed by atoms with Gasteiger partial charge in [-0.2, -0.15) is 0 Å². The van der Waals surface area contributed by atoms with Gasteiger partial charge in [-0.25, -0.2) is 9.98 Å². The van der Waals surface area contributed by atoms with E-state index in [4.69, 9.17) is 9.72 Å². The molecular formula is C25H30N4O2S. The number of nitrogens with zero attached hydrogens (tertiary/aromatic N) is 3. The zero-order chi connectivity index (χ0) is 23.1. The van der Waals surface area contributed by atoms with Crippen LogP contribution in [0.15, 0.2) is 46.8 Å². The van der Waals surface area contributed by atoms with Crippen molar-refractivity contribution in [1.82, 2.24) is 15.2 Å². The Bertz CT molecular complexity index is 1090. The molecule has 1 N–H and O–H groups in total. The first-order chi connectivity index (χ1) is 15.4. The summed E-state index contributed by atoms with van der Waals surface area (Å²) in [5, 5.41) is 5.70. The van der Waals surface area contributed by atoms with E-state index in [1.807, 2.05) is 18.8 Å². The number of nitrogens with one attached hydrogen (secondary N) is 1. The molecule has 1 amide bonds. The van der Waals surface area contributed by atoms with Crippen molar-refractivity contribution in [2.45, 2.75) is 33.8 Å². The Morgan fingerprint density at radius 3 is 2.66 bits per heavy atom. The van der Waals surface area contributed by atoms with E-state index in [1.165, 1.54) is 11.1 Å². The summed E-state index contributed by atoms with van der Waals surface area (Å²) in [6.07, 6.45) is 2.66. The van der Waals surface area contributed by atoms with Crippen LogP contribution in [-0.2, 0) is 13.0 Å². The molecule has 0 spiro atoms. The molecule has 1 heterocycles. The number of carbonyl (C=O) groups excluding carboxylic acids is 1. The minimum Gasteiger partial charge on any atom is -0.487 e. The summed E-state index contributed by atoms with van der Waals surface area (Å²) in [5.41, 5.74) is 6.14. The summed E-state index contributed by atoms with van der Waals surface area (Å²) in [7, 11) is 3.63. The molecule has 0 aliphatic carbocycles. The quantitative estimate of drug-likeness (QED) is 0.372. The fraction of sp³-hybridized carbons (Fsp3) is 0.320. The molecular weight excluding hydrogens is 420 g/mol. The number of aromatic nitrogens is 1. The molecule has 0 atom stereocenters. The molecule has 3 rings (SSSR count). The van der Waals surface area contributed by atoms with E-state index in [0.717, 1.165) is 34.9 Å². The fourth-order valence-corrected chi connectivity index (χ4v) is 3.90. The van der Waals surface area contributed by atoms with E-state index in [0.29, 0.717) is 17.9 Å². The normalized spacial score (nSPS) is 11.0. The minimum absolute atomic E-state index is 0.112. The van der Waals surface area contributed by atoms with Crippen LogP contribution >= 0.6 is 11.3 Å². The van der Waals surface area contributed by atoms with Gasteiger partial charge < -0.3 is 15.0 Å². The fourth-order valence-electron chi connectivity index (χ4n) is 3.10. The molecule has 0 fully saturated rings. The van der Waals surface area contributed by atoms with Gasteiger partial charge in [0.1, 0.15) is 12.4 Å². The molecule has 0 bridgehead atoms. The monoisotopic (exact) mass is 450 g/mol. The van der Waals surface area contributed by atoms with E-state index in [-0.39, 0.29) is 5.91 Å². The predicted octanol–water partition coefficient (Wildman–Crippen LogP) is 4.90. The molecule has 0 radical (unpaired) electrons. The second-order valence-corrected chi connectivity index (χ2v) is 8.63. The van der Waals surface area contributed by atoms with Crippen LogP contribution in [0.3, 0.4) is 0 Å². The minimum atomic E-state index is -0.112. The topological polar surface area (TPSA) is 66.8 Å². The maximum atomic E-state index is 11.6. The summed E-state index contributed by atoms with van der Waals surface area (Å²) >= 11 is 1.64. The van der Waals surface area contributed by atoms with Crippen molar-refractivity contribution in [3.8, 4) is 5.75 Å². The highest BCUT2D eigenvalue weighted by atomic mass is 32.1. The van der Waals surface area contributed by atoms with E-state index in [9.17, 15) is 4.79 Å². The number of amides is 1. The van der Waals surface area contributed by atoms with Crippen LogP contribution in [0.2, 0.25) is 0 Å². The summed E-state index contributed by atoms with van der Waals surface area (Å²) in [6, 6.07) is 11.4. The lowest BCUT2D eigenvalue weighted by Crippen LogP contribution is -2.17. The highest BCUT2D eigenvalue weighted by Gasteiger charge is 2.09. The van der Waals surface area contributed by atoms with Crippen molar-refractivity contribution in [3.05, 3.63) is 74.7 Å². The SMILES string of the molecule is CCN(C)/C=N/c1cc(C)c(Cc2nc(COc3ccc(C(=O)NC)cc3)cs2)cc1C. The first-order valence-electron chi connectivity index (χ1n) is 10.6. The highest BCUT2D eigenvalue weighted by molar-refractivity contribution is 7.09. The lowest BCUT2D eigenvalue weighted by molar-refractivity contribution is 0.0963. The molecule has 0 saturated heterocycles. The van der Waals surface area contributed by atoms with Gasteiger partial charge in [-0.1, -0.05) is 6.07 Å². The Morgan fingerprint density at radius 1 is 1.22 bits per heavy atom. The first kappa shape index (κ1) is 23.5. The van der Waals surface area contributed by atoms with Crippen molar-refractivity contribution in [1.29, 1.82) is 0 Å². The van der Waals surface area contributed by atoms with E-state index < -0.39 is 0 Å². The molecule has 3 aromatic rings. The van der Waals surface area contributed by atoms with Crippen molar-refractivity contribution in [3.63, 3.8) is 0 Å². The van der Waals surface area contributed by atoms with Gasteiger partial charge in [-0.15, -0.1) is 11.3 Å². The van der Waals surface area contributed by atoms with Crippen molar-refractivity contribution in [2.24, 2.45) is 4.99 Å². The molecule has 168 valence electrons. The Labute approximate surface area is 194 Å². The van der Waals surface area contributed by atoms with Crippen LogP contribution in [0.4, 0.5) is 5.69 Å². The Hall–Kier alpha value is -3.19. The molecule has 6 nitrogen and oxygen atoms in total. The van der Waals surface area contributed by atoms with Crippen molar-refractivity contribution < 1.29 is 9.53 Å². The summed E-state index contributed by atoms with van der Waals surface area (Å²) in [5.74, 6) is 0.600. The van der Waals surface area contributed by atoms with Crippen LogP contribution < -0.4 is 10.1 Å². The second-order valence-electron chi connectivity index (χ2n) is 7.68. The average Bonchev–Trinajstić information content (AvgIpc) is 3.25. The smallest absolute Gasteiger partial charge is 0.251 e. The number of rotatable bonds is 9. The zero-order valence-electron chi connectivity index (χ0n) is 19.3. The van der Waals surface area contributed by atoms with Gasteiger partial charge in [0.05, 0.1) is 22.7 Å². The molecule has 1 aromatic heterocycles. The number of hydrogen-bond donors (Lipinski definition) is 1. The van der Waals surface area contributed by atoms with Crippen LogP contribution in [0.25, 0.3) is 0 Å². The number of aliphatic imine (C=N–C) groups is 1. The molecule has 2 aromatic carbocycles. The molecule has 7 heteroatoms. The third kappa shape index (κ3) is 6.17. The zero-order valence-corrected chi connectivity index (χ0v) is 20.1. The highest BCUT2D eigenvalue weighted by Crippen LogP contribution is 2.26. The van der Waals surface area contributed by atoms with E-state index in [1.54, 1.807) is 42.6 Å². The van der Waals surface area contributed by atoms with Gasteiger partial charge in [-0.05, 0) is 67.8 Å². The largest absolute Gasteiger partial charge is 0.487 e. The van der Waals surface area contributed by atoms with Crippen LogP contribution in [0, 0.1) is 13.8 Å². The van der Waals surface area contributed by atoms with Gasteiger partial charge in [-0.3, -0.25) is 4.79 Å². The van der Waals surface area contributed by atoms with E-state index in [2.05, 4.69) is 48.1 Å². The number of aryl methyl sites for hydroxylation is 2. The molecule has 0 aliphatic rings. The average molecular weight is 451 g/mol. The van der Waals surface area contributed by atoms with Crippen LogP contribution in [-0.4, -0.2) is 42.8 Å². The summed E-state index contributed by atoms with van der Waals surface area (Å²) in [4.78, 5) is 23.0. The van der Waals surface area contributed by atoms with Gasteiger partial charge in [0, 0.05) is 38.0 Å². The number of benzene rings is 2. The van der Waals surface area contributed by atoms with Gasteiger partial charge in [0.15, 0.2) is 0 Å². The van der Waals surface area contributed by atoms with E-state index >= 15 is 0 Å². The van der Waals surface area contributed by atoms with Crippen LogP contribution in [0.1, 0.15) is 44.7 Å². The standard InChI is InChI=1S/C25H30N4O2S/c1-6-29(5)16-27-23-12-17(2)20(11-18(23)3)13-24-28-21(15-32-24)14-31-22-9-7-19(8-10-22)25(30)26-4/h7-12,15-16H,6,13-14H2,1-5H3,(H,26,30)/b27-16+. The number of ether oxygens (including phenoxy) is 1. The van der Waals surface area contributed by atoms with Crippen molar-refractivity contribution in [2.75, 3.05) is 20.6 Å². The maximum absolute atomic E-state index is 11.6. The Morgan fingerprint density at radius 2 is 1.97 bits per heavy atom. The molecule has 0 unspecified atom stereocenters. The third-order valence-corrected chi connectivity index (χ3v) is 6.12. The Balaban J connectivity index is 1.62.